The zero-order chi connectivity index (χ0) is 96.8. The lowest BCUT2D eigenvalue weighted by atomic mass is 10.0. The van der Waals surface area contributed by atoms with Crippen molar-refractivity contribution in [1.29, 1.82) is 10.8 Å². The smallest absolute Gasteiger partial charge is 0.326 e. The van der Waals surface area contributed by atoms with Gasteiger partial charge in [0, 0.05) is 38.2 Å². The number of thiol groups is 1. The summed E-state index contributed by atoms with van der Waals surface area (Å²) in [5.41, 5.74) is 33.9. The van der Waals surface area contributed by atoms with Crippen molar-refractivity contribution in [2.24, 2.45) is 40.3 Å². The van der Waals surface area contributed by atoms with Gasteiger partial charge in [0.15, 0.2) is 11.9 Å². The van der Waals surface area contributed by atoms with Crippen LogP contribution in [0.25, 0.3) is 0 Å². The number of likely N-dealkylation sites (tertiary alicyclic amines) is 1. The summed E-state index contributed by atoms with van der Waals surface area (Å²) < 4.78 is 0. The molecule has 1 aliphatic heterocycles. The number of benzene rings is 1. The number of aliphatic hydroxyl groups excluding tert-OH is 2. The normalized spacial score (nSPS) is 15.2. The van der Waals surface area contributed by atoms with Crippen LogP contribution in [0.2, 0.25) is 0 Å². The van der Waals surface area contributed by atoms with Gasteiger partial charge in [-0.15, -0.1) is 0 Å². The third-order valence-corrected chi connectivity index (χ3v) is 21.3. The molecule has 129 heavy (non-hydrogen) atoms. The standard InChI is InChI=1S/C77H130N26O23S3/c1-41(2)61(102-69(119)49(25-32-129-4)96-67(117)46(18-9-11-27-79)97-72(122)55-21-14-30-103(55)74(124)43(80)38-104)73(123)98-47(22-23-56(81)106)62(112)88-36-58(108)92-53(39-105)64(114)90-37-59(109)93-54(40-127)71(121)100-51(33-42-15-6-5-7-16-42)63(113)89-35-57(107)91-44(19-12-28-86-76(82)83)65(115)94-45(17-8-10-26-78)66(116)95-48(24-31-128-3)68(118)101-52(34-60(110)111)70(120)99-50(75(125)126)20-13-29-87-77(84)85/h5-7,15-16,41,43-55,61,104-105,127H,8-14,17-40,78-80H2,1-4H3,(H2,81,106)(H,88,112)(H,89,113)(H,90,114)(H,91,107)(H,92,108)(H,93,109)(H,94,115)(H,95,116)(H,96,117)(H,97,122)(H,98,123)(H,99,120)(H,100,121)(H,101,118)(H,102,119)(H,110,111)(H,125,126)(H4,82,83,86)(H4,84,85,87)/t43-,44-,45-,46-,47-,48-,49-,50-,51-,52-,53-,54-,55-,61-/m0/s1. The number of nitrogens with one attached hydrogen (secondary N) is 19. The Kier molecular flexibility index (Phi) is 55.2. The molecule has 1 aliphatic rings. The molecular weight excluding hydrogens is 1750 g/mol. The summed E-state index contributed by atoms with van der Waals surface area (Å²) in [5.74, 6) is -20.8. The second kappa shape index (κ2) is 62.7. The minimum absolute atomic E-state index is 0.000111. The highest BCUT2D eigenvalue weighted by molar-refractivity contribution is 7.98. The first-order chi connectivity index (χ1) is 61.2. The summed E-state index contributed by atoms with van der Waals surface area (Å²) in [4.78, 5) is 258. The molecule has 1 aromatic rings. The molecule has 14 atom stereocenters. The second-order valence-corrected chi connectivity index (χ2v) is 32.6. The fourth-order valence-corrected chi connectivity index (χ4v) is 13.9. The van der Waals surface area contributed by atoms with Crippen LogP contribution >= 0.6 is 36.2 Å². The number of carbonyl (C=O) groups is 19. The van der Waals surface area contributed by atoms with E-state index in [9.17, 15) is 112 Å². The number of primary amides is 1. The number of aliphatic hydroxyl groups is 2. The van der Waals surface area contributed by atoms with Gasteiger partial charge >= 0.3 is 11.9 Å². The van der Waals surface area contributed by atoms with E-state index < -0.39 is 273 Å². The number of nitrogens with two attached hydrogens (primary N) is 6. The number of carboxylic acid groups (broad SMARTS) is 2. The van der Waals surface area contributed by atoms with Crippen molar-refractivity contribution in [2.75, 3.05) is 95.3 Å². The first-order valence-corrected chi connectivity index (χ1v) is 45.3. The van der Waals surface area contributed by atoms with E-state index in [1.54, 1.807) is 56.7 Å². The summed E-state index contributed by atoms with van der Waals surface area (Å²) in [7, 11) is 0. The van der Waals surface area contributed by atoms with Crippen LogP contribution in [0.4, 0.5) is 0 Å². The Morgan fingerprint density at radius 1 is 0.465 bits per heavy atom. The minimum Gasteiger partial charge on any atom is -0.481 e. The molecule has 1 saturated heterocycles. The molecule has 52 heteroatoms. The lowest BCUT2D eigenvalue weighted by Crippen LogP contribution is -2.60. The third kappa shape index (κ3) is 44.9. The van der Waals surface area contributed by atoms with Crippen LogP contribution in [0.15, 0.2) is 30.3 Å². The Hall–Kier alpha value is -11.5. The monoisotopic (exact) mass is 1880 g/mol. The van der Waals surface area contributed by atoms with Gasteiger partial charge in [-0.3, -0.25) is 97.1 Å². The molecule has 724 valence electrons. The lowest BCUT2D eigenvalue weighted by Gasteiger charge is -2.29. The van der Waals surface area contributed by atoms with E-state index in [0.717, 1.165) is 0 Å². The van der Waals surface area contributed by atoms with E-state index in [4.69, 9.17) is 45.2 Å². The zero-order valence-corrected chi connectivity index (χ0v) is 75.2. The van der Waals surface area contributed by atoms with Crippen LogP contribution in [0.5, 0.6) is 0 Å². The van der Waals surface area contributed by atoms with Gasteiger partial charge in [-0.1, -0.05) is 44.2 Å². The molecule has 17 amide bonds. The average molecular weight is 1880 g/mol. The van der Waals surface area contributed by atoms with Crippen molar-refractivity contribution in [3.8, 4) is 0 Å². The van der Waals surface area contributed by atoms with Crippen LogP contribution in [0, 0.1) is 16.7 Å². The van der Waals surface area contributed by atoms with Crippen LogP contribution in [0.1, 0.15) is 129 Å². The number of unbranched alkanes of at least 4 members (excludes halogenated alkanes) is 2. The summed E-state index contributed by atoms with van der Waals surface area (Å²) in [5, 5.41) is 95.6. The van der Waals surface area contributed by atoms with Gasteiger partial charge < -0.3 is 150 Å². The number of guanidine groups is 2. The zero-order valence-electron chi connectivity index (χ0n) is 72.7. The maximum Gasteiger partial charge on any atom is 0.326 e. The van der Waals surface area contributed by atoms with Crippen molar-refractivity contribution in [1.82, 2.24) is 95.3 Å². The predicted molar refractivity (Wildman–Crippen MR) is 476 cm³/mol. The van der Waals surface area contributed by atoms with Gasteiger partial charge in [0.2, 0.25) is 100 Å². The first-order valence-electron chi connectivity index (χ1n) is 41.8. The van der Waals surface area contributed by atoms with E-state index in [1.165, 1.54) is 28.4 Å². The number of carbonyl (C=O) groups excluding carboxylic acids is 17. The maximum absolute atomic E-state index is 14.4. The fourth-order valence-electron chi connectivity index (χ4n) is 12.7. The number of hydrogen-bond donors (Lipinski definition) is 30. The van der Waals surface area contributed by atoms with Gasteiger partial charge in [-0.25, -0.2) is 4.79 Å². The predicted octanol–water partition coefficient (Wildman–Crippen LogP) is -10.6. The van der Waals surface area contributed by atoms with Crippen LogP contribution in [0.3, 0.4) is 0 Å². The molecule has 0 bridgehead atoms. The summed E-state index contributed by atoms with van der Waals surface area (Å²) in [6.07, 6.45) is 2.97. The Morgan fingerprint density at radius 2 is 0.860 bits per heavy atom. The van der Waals surface area contributed by atoms with E-state index in [2.05, 4.69) is 103 Å². The van der Waals surface area contributed by atoms with E-state index >= 15 is 0 Å². The molecule has 0 spiro atoms. The van der Waals surface area contributed by atoms with Crippen LogP contribution < -0.4 is 125 Å². The molecule has 49 nitrogen and oxygen atoms in total. The van der Waals surface area contributed by atoms with Crippen molar-refractivity contribution >= 4 is 160 Å². The van der Waals surface area contributed by atoms with Gasteiger partial charge in [0.25, 0.3) is 0 Å². The summed E-state index contributed by atoms with van der Waals surface area (Å²) >= 11 is 6.78. The molecule has 1 fully saturated rings. The molecule has 35 N–H and O–H groups in total. The molecule has 0 aliphatic carbocycles. The quantitative estimate of drug-likeness (QED) is 0.0125. The Morgan fingerprint density at radius 3 is 1.31 bits per heavy atom. The molecule has 2 rings (SSSR count). The second-order valence-electron chi connectivity index (χ2n) is 30.3. The summed E-state index contributed by atoms with van der Waals surface area (Å²) in [6.45, 7) is -0.675. The highest BCUT2D eigenvalue weighted by Crippen LogP contribution is 2.20. The van der Waals surface area contributed by atoms with Crippen LogP contribution in [-0.4, -0.2) is 330 Å². The van der Waals surface area contributed by atoms with Crippen molar-refractivity contribution in [3.63, 3.8) is 0 Å². The van der Waals surface area contributed by atoms with Gasteiger partial charge in [-0.2, -0.15) is 36.2 Å². The average Bonchev–Trinajstić information content (AvgIpc) is 1.71. The highest BCUT2D eigenvalue weighted by atomic mass is 32.2. The molecule has 0 unspecified atom stereocenters. The molecule has 0 saturated carbocycles. The topological polar surface area (TPSA) is 817 Å². The number of rotatable bonds is 65. The lowest BCUT2D eigenvalue weighted by molar-refractivity contribution is -0.144. The molecular formula is C77H130N26O23S3. The number of amides is 17. The highest BCUT2D eigenvalue weighted by Gasteiger charge is 2.41. The largest absolute Gasteiger partial charge is 0.481 e. The molecule has 1 aromatic carbocycles. The maximum atomic E-state index is 14.4. The molecule has 1 heterocycles. The van der Waals surface area contributed by atoms with Gasteiger partial charge in [0.05, 0.1) is 39.3 Å². The number of thioether (sulfide) groups is 2. The van der Waals surface area contributed by atoms with E-state index in [0.29, 0.717) is 37.0 Å². The van der Waals surface area contributed by atoms with Crippen molar-refractivity contribution in [3.05, 3.63) is 35.9 Å². The fraction of sp³-hybridized carbons (Fsp3) is 0.649. The first kappa shape index (κ1) is 114. The van der Waals surface area contributed by atoms with Crippen LogP contribution in [-0.2, 0) is 97.5 Å². The number of carboxylic acids is 2. The molecule has 0 radical (unpaired) electrons. The Labute approximate surface area is 760 Å². The van der Waals surface area contributed by atoms with E-state index in [-0.39, 0.29) is 109 Å². The minimum atomic E-state index is -1.86. The number of aliphatic carboxylic acids is 2. The Bertz CT molecular complexity index is 3920. The van der Waals surface area contributed by atoms with Crippen molar-refractivity contribution in [2.45, 2.75) is 214 Å². The van der Waals surface area contributed by atoms with E-state index in [1.807, 2.05) is 0 Å². The van der Waals surface area contributed by atoms with Gasteiger partial charge in [0.1, 0.15) is 84.6 Å². The molecule has 0 aromatic heterocycles. The SMILES string of the molecule is CSCC[C@H](NC(=O)[C@H](CCCCN)NC(=O)[C@H](CCCNC(=N)N)NC(=O)CNC(=O)[C@H](Cc1ccccc1)NC(=O)[C@H](CS)NC(=O)CNC(=O)[C@H](CO)NC(=O)CNC(=O)[C@H](CCC(N)=O)NC(=O)[C@@H](NC(=O)[C@H](CCSC)NC(=O)[C@H](CCCCN)NC(=O)[C@@H]1CCCN1C(=O)[C@@H](N)CO)C(C)C)C(=O)N[C@@H](CC(=O)O)C(=O)N[C@@H](CCCNC(=N)N)C(=O)O. The summed E-state index contributed by atoms with van der Waals surface area (Å²) in [6, 6.07) is -12.4. The van der Waals surface area contributed by atoms with Gasteiger partial charge in [-0.05, 0) is 145 Å². The number of nitrogens with zero attached hydrogens (tertiary/aromatic N) is 1. The number of hydrogen-bond acceptors (Lipinski definition) is 29. The third-order valence-electron chi connectivity index (χ3n) is 19.7. The van der Waals surface area contributed by atoms with Crippen molar-refractivity contribution < 1.29 is 112 Å². The Balaban J connectivity index is 2.26.